The van der Waals surface area contributed by atoms with Gasteiger partial charge in [-0.2, -0.15) is 0 Å². The van der Waals surface area contributed by atoms with E-state index in [0.717, 1.165) is 0 Å². The van der Waals surface area contributed by atoms with Gasteiger partial charge in [-0.05, 0) is 5.56 Å². The van der Waals surface area contributed by atoms with Crippen LogP contribution in [0, 0.1) is 10.1 Å². The highest BCUT2D eigenvalue weighted by molar-refractivity contribution is 5.70. The van der Waals surface area contributed by atoms with Crippen molar-refractivity contribution in [1.82, 2.24) is 0 Å². The zero-order chi connectivity index (χ0) is 12.6. The number of aliphatic carboxylic acids is 1. The van der Waals surface area contributed by atoms with Crippen LogP contribution in [0.3, 0.4) is 0 Å². The van der Waals surface area contributed by atoms with E-state index >= 15 is 0 Å². The average Bonchev–Trinajstić information content (AvgIpc) is 2.18. The molecule has 1 aromatic rings. The van der Waals surface area contributed by atoms with Gasteiger partial charge in [0.05, 0.1) is 11.3 Å². The van der Waals surface area contributed by atoms with Crippen LogP contribution in [-0.4, -0.2) is 27.6 Å². The van der Waals surface area contributed by atoms with Crippen LogP contribution in [-0.2, 0) is 16.0 Å². The molecule has 0 unspecified atom stereocenters. The summed E-state index contributed by atoms with van der Waals surface area (Å²) in [7, 11) is 0. The topological polar surface area (TPSA) is 118 Å². The van der Waals surface area contributed by atoms with E-state index in [1.54, 1.807) is 6.07 Å². The molecular formula is C9H9NO6. The van der Waals surface area contributed by atoms with Crippen molar-refractivity contribution in [3.63, 3.8) is 0 Å². The first kappa shape index (κ1) is 13.6. The Labute approximate surface area is 90.1 Å². The van der Waals surface area contributed by atoms with E-state index in [4.69, 9.17) is 15.0 Å². The van der Waals surface area contributed by atoms with E-state index in [2.05, 4.69) is 0 Å². The van der Waals surface area contributed by atoms with Crippen LogP contribution < -0.4 is 0 Å². The third kappa shape index (κ3) is 5.32. The van der Waals surface area contributed by atoms with Gasteiger partial charge in [0.2, 0.25) is 0 Å². The van der Waals surface area contributed by atoms with Gasteiger partial charge in [0.1, 0.15) is 0 Å². The van der Waals surface area contributed by atoms with Gasteiger partial charge in [0.25, 0.3) is 12.2 Å². The van der Waals surface area contributed by atoms with E-state index in [9.17, 15) is 14.9 Å². The second kappa shape index (κ2) is 6.93. The SMILES string of the molecule is O=C(O)Cc1cccc([N+](=O)[O-])c1.O=CO. The summed E-state index contributed by atoms with van der Waals surface area (Å²) < 4.78 is 0. The molecular weight excluding hydrogens is 218 g/mol. The maximum Gasteiger partial charge on any atom is 0.307 e. The van der Waals surface area contributed by atoms with Gasteiger partial charge in [-0.15, -0.1) is 0 Å². The van der Waals surface area contributed by atoms with Crippen molar-refractivity contribution in [2.45, 2.75) is 6.42 Å². The smallest absolute Gasteiger partial charge is 0.307 e. The molecule has 2 N–H and O–H groups in total. The third-order valence-electron chi connectivity index (χ3n) is 1.48. The number of hydrogen-bond donors (Lipinski definition) is 2. The van der Waals surface area contributed by atoms with Crippen molar-refractivity contribution < 1.29 is 24.7 Å². The molecule has 7 heteroatoms. The Morgan fingerprint density at radius 1 is 1.50 bits per heavy atom. The highest BCUT2D eigenvalue weighted by Gasteiger charge is 2.07. The summed E-state index contributed by atoms with van der Waals surface area (Å²) >= 11 is 0. The van der Waals surface area contributed by atoms with E-state index < -0.39 is 10.9 Å². The lowest BCUT2D eigenvalue weighted by molar-refractivity contribution is -0.384. The molecule has 1 rings (SSSR count). The average molecular weight is 227 g/mol. The quantitative estimate of drug-likeness (QED) is 0.450. The van der Waals surface area contributed by atoms with E-state index in [1.165, 1.54) is 18.2 Å². The maximum absolute atomic E-state index is 10.3. The predicted octanol–water partition coefficient (Wildman–Crippen LogP) is 0.923. The molecule has 0 bridgehead atoms. The molecule has 7 nitrogen and oxygen atoms in total. The summed E-state index contributed by atoms with van der Waals surface area (Å²) in [5, 5.41) is 25.6. The summed E-state index contributed by atoms with van der Waals surface area (Å²) in [6.45, 7) is -0.250. The minimum atomic E-state index is -1.000. The highest BCUT2D eigenvalue weighted by atomic mass is 16.6. The lowest BCUT2D eigenvalue weighted by atomic mass is 10.1. The molecule has 0 radical (unpaired) electrons. The molecule has 0 aliphatic heterocycles. The first-order valence-corrected chi connectivity index (χ1v) is 4.04. The molecule has 16 heavy (non-hydrogen) atoms. The Balaban J connectivity index is 0.000000673. The minimum Gasteiger partial charge on any atom is -0.483 e. The molecule has 0 amide bonds. The summed E-state index contributed by atoms with van der Waals surface area (Å²) in [5.74, 6) is -1.000. The minimum absolute atomic E-state index is 0.0845. The van der Waals surface area contributed by atoms with Crippen molar-refractivity contribution in [3.05, 3.63) is 39.9 Å². The molecule has 0 atom stereocenters. The second-order valence-electron chi connectivity index (χ2n) is 2.60. The zero-order valence-corrected chi connectivity index (χ0v) is 8.07. The van der Waals surface area contributed by atoms with Crippen molar-refractivity contribution >= 4 is 18.1 Å². The van der Waals surface area contributed by atoms with Crippen LogP contribution in [0.15, 0.2) is 24.3 Å². The van der Waals surface area contributed by atoms with Gasteiger partial charge in [-0.25, -0.2) is 0 Å². The van der Waals surface area contributed by atoms with Crippen LogP contribution in [0.5, 0.6) is 0 Å². The summed E-state index contributed by atoms with van der Waals surface area (Å²) in [6.07, 6.45) is -0.193. The Morgan fingerprint density at radius 2 is 2.06 bits per heavy atom. The summed E-state index contributed by atoms with van der Waals surface area (Å²) in [6, 6.07) is 5.59. The molecule has 0 aliphatic carbocycles. The van der Waals surface area contributed by atoms with Gasteiger partial charge in [-0.3, -0.25) is 19.7 Å². The standard InChI is InChI=1S/C8H7NO4.CH2O2/c10-8(11)5-6-2-1-3-7(4-6)9(12)13;2-1-3/h1-4H,5H2,(H,10,11);1H,(H,2,3). The Morgan fingerprint density at radius 3 is 2.50 bits per heavy atom. The van der Waals surface area contributed by atoms with Gasteiger partial charge < -0.3 is 10.2 Å². The van der Waals surface area contributed by atoms with E-state index in [0.29, 0.717) is 5.56 Å². The fourth-order valence-corrected chi connectivity index (χ4v) is 0.955. The van der Waals surface area contributed by atoms with Crippen LogP contribution in [0.2, 0.25) is 0 Å². The van der Waals surface area contributed by atoms with Gasteiger partial charge in [-0.1, -0.05) is 12.1 Å². The van der Waals surface area contributed by atoms with Crippen LogP contribution in [0.1, 0.15) is 5.56 Å². The number of carboxylic acid groups (broad SMARTS) is 2. The van der Waals surface area contributed by atoms with Gasteiger partial charge >= 0.3 is 5.97 Å². The Kier molecular flexibility index (Phi) is 5.88. The molecule has 0 fully saturated rings. The zero-order valence-electron chi connectivity index (χ0n) is 8.07. The van der Waals surface area contributed by atoms with Crippen LogP contribution in [0.25, 0.3) is 0 Å². The summed E-state index contributed by atoms with van der Waals surface area (Å²) in [4.78, 5) is 28.4. The summed E-state index contributed by atoms with van der Waals surface area (Å²) in [5.41, 5.74) is 0.348. The van der Waals surface area contributed by atoms with Gasteiger partial charge in [0, 0.05) is 12.1 Å². The first-order valence-electron chi connectivity index (χ1n) is 4.04. The van der Waals surface area contributed by atoms with Crippen molar-refractivity contribution in [1.29, 1.82) is 0 Å². The predicted molar refractivity (Wildman–Crippen MR) is 53.1 cm³/mol. The van der Waals surface area contributed by atoms with Crippen LogP contribution >= 0.6 is 0 Å². The van der Waals surface area contributed by atoms with Crippen molar-refractivity contribution in [2.24, 2.45) is 0 Å². The lowest BCUT2D eigenvalue weighted by Crippen LogP contribution is -2.00. The molecule has 1 aromatic carbocycles. The normalized spacial score (nSPS) is 8.50. The van der Waals surface area contributed by atoms with E-state index in [1.807, 2.05) is 0 Å². The number of rotatable bonds is 3. The molecule has 0 saturated heterocycles. The number of nitro groups is 1. The van der Waals surface area contributed by atoms with Crippen LogP contribution in [0.4, 0.5) is 5.69 Å². The molecule has 0 aromatic heterocycles. The Bertz CT molecular complexity index is 389. The number of benzene rings is 1. The molecule has 0 aliphatic rings. The van der Waals surface area contributed by atoms with Crippen molar-refractivity contribution in [3.8, 4) is 0 Å². The molecule has 86 valence electrons. The number of carbonyl (C=O) groups is 2. The number of nitrogens with zero attached hydrogens (tertiary/aromatic N) is 1. The maximum atomic E-state index is 10.3. The Hall–Kier alpha value is -2.44. The number of non-ortho nitro benzene ring substituents is 1. The van der Waals surface area contributed by atoms with Crippen molar-refractivity contribution in [2.75, 3.05) is 0 Å². The monoisotopic (exact) mass is 227 g/mol. The molecule has 0 saturated carbocycles. The second-order valence-corrected chi connectivity index (χ2v) is 2.60. The number of carboxylic acids is 1. The first-order chi connectivity index (χ1) is 7.51. The number of hydrogen-bond acceptors (Lipinski definition) is 4. The largest absolute Gasteiger partial charge is 0.483 e. The molecule has 0 spiro atoms. The van der Waals surface area contributed by atoms with E-state index in [-0.39, 0.29) is 18.6 Å². The van der Waals surface area contributed by atoms with Gasteiger partial charge in [0.15, 0.2) is 0 Å². The fraction of sp³-hybridized carbons (Fsp3) is 0.111. The molecule has 0 heterocycles. The number of nitro benzene ring substituents is 1. The third-order valence-corrected chi connectivity index (χ3v) is 1.48. The highest BCUT2D eigenvalue weighted by Crippen LogP contribution is 2.13. The lowest BCUT2D eigenvalue weighted by Gasteiger charge is -1.95. The fourth-order valence-electron chi connectivity index (χ4n) is 0.955.